The van der Waals surface area contributed by atoms with Crippen molar-refractivity contribution >= 4 is 10.8 Å². The zero-order valence-corrected chi connectivity index (χ0v) is 12.4. The molecule has 0 saturated heterocycles. The fourth-order valence-electron chi connectivity index (χ4n) is 1.85. The predicted molar refractivity (Wildman–Crippen MR) is 67.6 cm³/mol. The summed E-state index contributed by atoms with van der Waals surface area (Å²) in [5, 5.41) is 2.34. The van der Waals surface area contributed by atoms with E-state index >= 15 is 0 Å². The molecule has 2 aromatic carbocycles. The van der Waals surface area contributed by atoms with Gasteiger partial charge in [-0.15, -0.1) is 12.1 Å². The molecule has 2 aromatic rings. The largest absolute Gasteiger partial charge is 0.344 e. The molecule has 0 amide bonds. The first-order chi connectivity index (χ1) is 7.86. The molecule has 2 rings (SSSR count). The number of nitrogens with two attached hydrogens (primary N) is 1. The van der Waals surface area contributed by atoms with Crippen LogP contribution in [-0.4, -0.2) is 0 Å². The van der Waals surface area contributed by atoms with Gasteiger partial charge < -0.3 is 18.4 Å². The zero-order valence-electron chi connectivity index (χ0n) is 9.56. The molecular formula is C15H13NY-2. The van der Waals surface area contributed by atoms with Gasteiger partial charge in [-0.2, -0.15) is 5.56 Å². The van der Waals surface area contributed by atoms with Crippen molar-refractivity contribution in [3.8, 4) is 0 Å². The fraction of sp³-hybridized carbons (Fsp3) is 0.0667. The third-order valence-electron chi connectivity index (χ3n) is 2.55. The summed E-state index contributed by atoms with van der Waals surface area (Å²) >= 11 is 0. The molecule has 0 spiro atoms. The van der Waals surface area contributed by atoms with Crippen molar-refractivity contribution in [3.05, 3.63) is 72.3 Å². The summed E-state index contributed by atoms with van der Waals surface area (Å²) in [5.41, 5.74) is 7.90. The van der Waals surface area contributed by atoms with Crippen LogP contribution < -0.4 is 5.73 Å². The maximum absolute atomic E-state index is 5.74. The van der Waals surface area contributed by atoms with Crippen LogP contribution in [-0.2, 0) is 39.3 Å². The standard InChI is InChI=1S/C15H13N.Y/c1-2-3-6-12-7-4-8-13-9-5-10-14(11-16)15(12)13;/h1-5,7-10H,11,16H2;/q-2;. The average Bonchev–Trinajstić information content (AvgIpc) is 2.35. The Kier molecular flexibility index (Phi) is 5.77. The smallest absolute Gasteiger partial charge is 0.00972 e. The maximum atomic E-state index is 5.74. The van der Waals surface area contributed by atoms with E-state index in [9.17, 15) is 0 Å². The summed E-state index contributed by atoms with van der Waals surface area (Å²) < 4.78 is 0. The minimum atomic E-state index is 0. The van der Waals surface area contributed by atoms with Gasteiger partial charge in [-0.3, -0.25) is 6.08 Å². The van der Waals surface area contributed by atoms with E-state index in [1.807, 2.05) is 24.3 Å². The minimum absolute atomic E-state index is 0. The van der Waals surface area contributed by atoms with Crippen LogP contribution in [0.25, 0.3) is 10.8 Å². The fourth-order valence-corrected chi connectivity index (χ4v) is 1.85. The summed E-state index contributed by atoms with van der Waals surface area (Å²) in [5.74, 6) is 0. The summed E-state index contributed by atoms with van der Waals surface area (Å²) in [6, 6.07) is 12.2. The van der Waals surface area contributed by atoms with Gasteiger partial charge >= 0.3 is 0 Å². The molecule has 2 heteroatoms. The molecule has 0 unspecified atom stereocenters. The molecule has 2 N–H and O–H groups in total. The van der Waals surface area contributed by atoms with Crippen LogP contribution in [0.4, 0.5) is 0 Å². The van der Waals surface area contributed by atoms with Gasteiger partial charge in [-0.1, -0.05) is 40.6 Å². The second-order valence-electron chi connectivity index (χ2n) is 3.53. The van der Waals surface area contributed by atoms with Crippen LogP contribution in [0.1, 0.15) is 11.1 Å². The van der Waals surface area contributed by atoms with Gasteiger partial charge in [0, 0.05) is 39.3 Å². The number of hydrogen-bond acceptors (Lipinski definition) is 1. The Morgan fingerprint density at radius 1 is 1.18 bits per heavy atom. The zero-order chi connectivity index (χ0) is 11.4. The second kappa shape index (κ2) is 6.85. The van der Waals surface area contributed by atoms with E-state index < -0.39 is 0 Å². The quantitative estimate of drug-likeness (QED) is 0.684. The molecule has 0 atom stereocenters. The molecule has 0 bridgehead atoms. The van der Waals surface area contributed by atoms with E-state index in [0.717, 1.165) is 16.5 Å². The van der Waals surface area contributed by atoms with E-state index in [-0.39, 0.29) is 32.7 Å². The first-order valence-electron chi connectivity index (χ1n) is 5.21. The Bertz CT molecular complexity index is 538. The maximum Gasteiger partial charge on any atom is 0.00972 e. The summed E-state index contributed by atoms with van der Waals surface area (Å²) in [4.78, 5) is 0. The van der Waals surface area contributed by atoms with E-state index in [1.165, 1.54) is 11.5 Å². The van der Waals surface area contributed by atoms with Crippen LogP contribution in [0.5, 0.6) is 0 Å². The van der Waals surface area contributed by atoms with Crippen LogP contribution in [0.3, 0.4) is 0 Å². The Morgan fingerprint density at radius 2 is 1.88 bits per heavy atom. The van der Waals surface area contributed by atoms with E-state index in [2.05, 4.69) is 18.2 Å². The molecule has 0 heterocycles. The van der Waals surface area contributed by atoms with Gasteiger partial charge in [0.2, 0.25) is 0 Å². The second-order valence-corrected chi connectivity index (χ2v) is 3.53. The van der Waals surface area contributed by atoms with Crippen molar-refractivity contribution in [2.24, 2.45) is 5.73 Å². The van der Waals surface area contributed by atoms with Crippen molar-refractivity contribution in [1.82, 2.24) is 0 Å². The number of benzene rings is 2. The number of fused-ring (bicyclic) bond motifs is 1. The van der Waals surface area contributed by atoms with Crippen LogP contribution >= 0.6 is 0 Å². The molecule has 0 aliphatic rings. The number of hydrogen-bond donors (Lipinski definition) is 1. The minimum Gasteiger partial charge on any atom is -0.344 e. The molecular weight excluding hydrogens is 283 g/mol. The van der Waals surface area contributed by atoms with Gasteiger partial charge in [0.1, 0.15) is 0 Å². The molecule has 1 radical (unpaired) electrons. The molecule has 0 aromatic heterocycles. The van der Waals surface area contributed by atoms with Crippen molar-refractivity contribution in [2.75, 3.05) is 0 Å². The molecule has 1 nitrogen and oxygen atoms in total. The Labute approximate surface area is 127 Å². The summed E-state index contributed by atoms with van der Waals surface area (Å²) in [6.07, 6.45) is 6.34. The summed E-state index contributed by atoms with van der Waals surface area (Å²) in [6.45, 7) is 5.85. The SMILES string of the molecule is [CH-]=CC=[C-]c1cccc2cccc(CN)c12.[Y]. The van der Waals surface area contributed by atoms with Crippen LogP contribution in [0.15, 0.2) is 48.6 Å². The molecule has 0 aliphatic carbocycles. The molecule has 0 fully saturated rings. The topological polar surface area (TPSA) is 26.0 Å². The number of allylic oxidation sites excluding steroid dienone is 2. The molecule has 0 aliphatic heterocycles. The van der Waals surface area contributed by atoms with Crippen molar-refractivity contribution < 1.29 is 32.7 Å². The first kappa shape index (κ1) is 14.3. The van der Waals surface area contributed by atoms with E-state index in [0.29, 0.717) is 6.54 Å². The normalized spacial score (nSPS) is 10.4. The van der Waals surface area contributed by atoms with E-state index in [4.69, 9.17) is 12.3 Å². The van der Waals surface area contributed by atoms with Crippen molar-refractivity contribution in [3.63, 3.8) is 0 Å². The summed E-state index contributed by atoms with van der Waals surface area (Å²) in [7, 11) is 0. The van der Waals surface area contributed by atoms with Crippen LogP contribution in [0.2, 0.25) is 0 Å². The van der Waals surface area contributed by atoms with Gasteiger partial charge in [0.15, 0.2) is 0 Å². The van der Waals surface area contributed by atoms with Gasteiger partial charge in [0.05, 0.1) is 0 Å². The average molecular weight is 296 g/mol. The number of rotatable bonds is 3. The monoisotopic (exact) mass is 296 g/mol. The van der Waals surface area contributed by atoms with Crippen molar-refractivity contribution in [1.29, 1.82) is 0 Å². The Morgan fingerprint density at radius 3 is 2.53 bits per heavy atom. The van der Waals surface area contributed by atoms with E-state index in [1.54, 1.807) is 6.08 Å². The molecule has 0 saturated carbocycles. The predicted octanol–water partition coefficient (Wildman–Crippen LogP) is 2.99. The molecule has 17 heavy (non-hydrogen) atoms. The Balaban J connectivity index is 0.00000144. The first-order valence-corrected chi connectivity index (χ1v) is 5.21. The van der Waals surface area contributed by atoms with Gasteiger partial charge in [-0.05, 0) is 0 Å². The third kappa shape index (κ3) is 3.13. The Hall–Kier alpha value is -0.756. The van der Waals surface area contributed by atoms with Gasteiger partial charge in [0.25, 0.3) is 0 Å². The third-order valence-corrected chi connectivity index (χ3v) is 2.55. The van der Waals surface area contributed by atoms with Crippen LogP contribution in [0, 0.1) is 12.7 Å². The molecule has 83 valence electrons. The van der Waals surface area contributed by atoms with Gasteiger partial charge in [-0.25, -0.2) is 6.08 Å². The van der Waals surface area contributed by atoms with Crippen molar-refractivity contribution in [2.45, 2.75) is 6.54 Å².